The van der Waals surface area contributed by atoms with Crippen molar-refractivity contribution in [3.63, 3.8) is 0 Å². The number of ether oxygens (including phenoxy) is 1. The number of aliphatic hydroxyl groups is 1. The van der Waals surface area contributed by atoms with Crippen LogP contribution in [0.2, 0.25) is 0 Å². The van der Waals surface area contributed by atoms with Gasteiger partial charge in [0.2, 0.25) is 0 Å². The highest BCUT2D eigenvalue weighted by Gasteiger charge is 2.41. The van der Waals surface area contributed by atoms with E-state index in [2.05, 4.69) is 56.3 Å². The van der Waals surface area contributed by atoms with Gasteiger partial charge in [0.25, 0.3) is 0 Å². The number of rotatable bonds is 3. The summed E-state index contributed by atoms with van der Waals surface area (Å²) >= 11 is 0. The topological polar surface area (TPSA) is 29.5 Å². The maximum Gasteiger partial charge on any atom is 0.0737 e. The lowest BCUT2D eigenvalue weighted by Crippen LogP contribution is -2.48. The Morgan fingerprint density at radius 3 is 2.71 bits per heavy atom. The van der Waals surface area contributed by atoms with E-state index in [0.29, 0.717) is 25.9 Å². The molecule has 0 bridgehead atoms. The fourth-order valence-corrected chi connectivity index (χ4v) is 3.50. The Morgan fingerprint density at radius 2 is 1.90 bits per heavy atom. The molecule has 2 aromatic rings. The van der Waals surface area contributed by atoms with Gasteiger partial charge in [0, 0.05) is 12.8 Å². The zero-order valence-electron chi connectivity index (χ0n) is 12.9. The second kappa shape index (κ2) is 5.43. The molecule has 112 valence electrons. The molecule has 0 saturated carbocycles. The summed E-state index contributed by atoms with van der Waals surface area (Å²) in [5, 5.41) is 13.6. The molecule has 0 spiro atoms. The first-order valence-electron chi connectivity index (χ1n) is 7.87. The quantitative estimate of drug-likeness (QED) is 0.919. The number of hydrogen-bond donors (Lipinski definition) is 1. The summed E-state index contributed by atoms with van der Waals surface area (Å²) in [5.74, 6) is 0. The van der Waals surface area contributed by atoms with Crippen molar-refractivity contribution < 1.29 is 9.84 Å². The van der Waals surface area contributed by atoms with E-state index in [0.717, 1.165) is 6.42 Å². The van der Waals surface area contributed by atoms with E-state index in [4.69, 9.17) is 4.74 Å². The maximum atomic E-state index is 11.1. The highest BCUT2D eigenvalue weighted by atomic mass is 16.5. The molecule has 1 fully saturated rings. The van der Waals surface area contributed by atoms with Crippen molar-refractivity contribution in [1.29, 1.82) is 0 Å². The predicted molar refractivity (Wildman–Crippen MR) is 86.5 cm³/mol. The van der Waals surface area contributed by atoms with Gasteiger partial charge < -0.3 is 9.84 Å². The molecule has 2 nitrogen and oxygen atoms in total. The molecule has 21 heavy (non-hydrogen) atoms. The Bertz CT molecular complexity index is 631. The fraction of sp³-hybridized carbons (Fsp3) is 0.474. The van der Waals surface area contributed by atoms with Crippen molar-refractivity contribution in [3.05, 3.63) is 48.0 Å². The lowest BCUT2D eigenvalue weighted by atomic mass is 9.78. The van der Waals surface area contributed by atoms with Crippen LogP contribution in [0.15, 0.2) is 42.5 Å². The summed E-state index contributed by atoms with van der Waals surface area (Å²) in [6.07, 6.45) is 3.06. The first-order valence-corrected chi connectivity index (χ1v) is 7.87. The standard InChI is InChI=1S/C19H24O2/c1-3-18(2)14-19(20,11-12-21-18)13-16-9-6-8-15-7-4-5-10-17(15)16/h4-10,20H,3,11-14H2,1-2H3. The molecule has 2 aromatic carbocycles. The van der Waals surface area contributed by atoms with Crippen LogP contribution in [0.5, 0.6) is 0 Å². The third-order valence-corrected chi connectivity index (χ3v) is 4.87. The minimum Gasteiger partial charge on any atom is -0.389 e. The SMILES string of the molecule is CCC1(C)CC(O)(Cc2cccc3ccccc23)CCO1. The van der Waals surface area contributed by atoms with Gasteiger partial charge in [0.05, 0.1) is 17.8 Å². The first kappa shape index (κ1) is 14.6. The first-order chi connectivity index (χ1) is 10.0. The molecule has 1 heterocycles. The summed E-state index contributed by atoms with van der Waals surface area (Å²) in [6, 6.07) is 14.7. The number of benzene rings is 2. The van der Waals surface area contributed by atoms with Gasteiger partial charge in [-0.3, -0.25) is 0 Å². The van der Waals surface area contributed by atoms with Crippen LogP contribution in [-0.2, 0) is 11.2 Å². The molecule has 0 amide bonds. The van der Waals surface area contributed by atoms with Gasteiger partial charge in [-0.1, -0.05) is 49.4 Å². The summed E-state index contributed by atoms with van der Waals surface area (Å²) in [6.45, 7) is 4.88. The van der Waals surface area contributed by atoms with E-state index in [-0.39, 0.29) is 5.60 Å². The smallest absolute Gasteiger partial charge is 0.0737 e. The third-order valence-electron chi connectivity index (χ3n) is 4.87. The second-order valence-electron chi connectivity index (χ2n) is 6.62. The Balaban J connectivity index is 1.91. The highest BCUT2D eigenvalue weighted by molar-refractivity contribution is 5.85. The van der Waals surface area contributed by atoms with Crippen molar-refractivity contribution in [3.8, 4) is 0 Å². The molecule has 0 radical (unpaired) electrons. The van der Waals surface area contributed by atoms with Crippen molar-refractivity contribution >= 4 is 10.8 Å². The van der Waals surface area contributed by atoms with Crippen LogP contribution in [0.3, 0.4) is 0 Å². The molecular formula is C19H24O2. The van der Waals surface area contributed by atoms with Gasteiger partial charge in [0.1, 0.15) is 0 Å². The van der Waals surface area contributed by atoms with E-state index in [1.807, 2.05) is 0 Å². The molecule has 2 unspecified atom stereocenters. The fourth-order valence-electron chi connectivity index (χ4n) is 3.50. The monoisotopic (exact) mass is 284 g/mol. The van der Waals surface area contributed by atoms with Crippen LogP contribution in [-0.4, -0.2) is 22.9 Å². The normalized spacial score (nSPS) is 29.7. The Labute approximate surface area is 126 Å². The molecule has 2 heteroatoms. The Morgan fingerprint density at radius 1 is 1.14 bits per heavy atom. The summed E-state index contributed by atoms with van der Waals surface area (Å²) in [5.41, 5.74) is 0.376. The summed E-state index contributed by atoms with van der Waals surface area (Å²) in [7, 11) is 0. The molecule has 1 N–H and O–H groups in total. The molecule has 1 aliphatic rings. The third kappa shape index (κ3) is 2.97. The van der Waals surface area contributed by atoms with Gasteiger partial charge in [-0.05, 0) is 36.1 Å². The van der Waals surface area contributed by atoms with Gasteiger partial charge >= 0.3 is 0 Å². The van der Waals surface area contributed by atoms with Crippen LogP contribution in [0.25, 0.3) is 10.8 Å². The Hall–Kier alpha value is -1.38. The number of hydrogen-bond acceptors (Lipinski definition) is 2. The largest absolute Gasteiger partial charge is 0.389 e. The molecule has 3 rings (SSSR count). The summed E-state index contributed by atoms with van der Waals surface area (Å²) in [4.78, 5) is 0. The van der Waals surface area contributed by atoms with Crippen LogP contribution >= 0.6 is 0 Å². The average Bonchev–Trinajstić information content (AvgIpc) is 2.47. The zero-order valence-corrected chi connectivity index (χ0v) is 12.9. The van der Waals surface area contributed by atoms with Crippen LogP contribution in [0.1, 0.15) is 38.7 Å². The van der Waals surface area contributed by atoms with Crippen LogP contribution < -0.4 is 0 Å². The van der Waals surface area contributed by atoms with Crippen LogP contribution in [0.4, 0.5) is 0 Å². The molecule has 1 aliphatic heterocycles. The Kier molecular flexibility index (Phi) is 3.76. The minimum absolute atomic E-state index is 0.197. The van der Waals surface area contributed by atoms with Crippen molar-refractivity contribution in [2.24, 2.45) is 0 Å². The van der Waals surface area contributed by atoms with Gasteiger partial charge in [-0.25, -0.2) is 0 Å². The molecule has 1 saturated heterocycles. The van der Waals surface area contributed by atoms with Crippen molar-refractivity contribution in [1.82, 2.24) is 0 Å². The molecule has 0 aromatic heterocycles. The van der Waals surface area contributed by atoms with Gasteiger partial charge in [-0.2, -0.15) is 0 Å². The summed E-state index contributed by atoms with van der Waals surface area (Å²) < 4.78 is 5.88. The van der Waals surface area contributed by atoms with E-state index in [1.165, 1.54) is 16.3 Å². The van der Waals surface area contributed by atoms with Gasteiger partial charge in [-0.15, -0.1) is 0 Å². The number of fused-ring (bicyclic) bond motifs is 1. The molecule has 0 aliphatic carbocycles. The molecule has 2 atom stereocenters. The zero-order chi connectivity index (χ0) is 14.9. The van der Waals surface area contributed by atoms with Crippen molar-refractivity contribution in [2.45, 2.75) is 50.7 Å². The maximum absolute atomic E-state index is 11.1. The molecular weight excluding hydrogens is 260 g/mol. The van der Waals surface area contributed by atoms with Crippen molar-refractivity contribution in [2.75, 3.05) is 6.61 Å². The average molecular weight is 284 g/mol. The minimum atomic E-state index is -0.660. The van der Waals surface area contributed by atoms with E-state index in [1.54, 1.807) is 0 Å². The van der Waals surface area contributed by atoms with Crippen LogP contribution in [0, 0.1) is 0 Å². The highest BCUT2D eigenvalue weighted by Crippen LogP contribution is 2.37. The van der Waals surface area contributed by atoms with Gasteiger partial charge in [0.15, 0.2) is 0 Å². The van der Waals surface area contributed by atoms with E-state index in [9.17, 15) is 5.11 Å². The van der Waals surface area contributed by atoms with E-state index >= 15 is 0 Å². The lowest BCUT2D eigenvalue weighted by Gasteiger charge is -2.43. The van der Waals surface area contributed by atoms with E-state index < -0.39 is 5.60 Å². The predicted octanol–water partition coefficient (Wildman–Crippen LogP) is 4.09. The lowest BCUT2D eigenvalue weighted by molar-refractivity contribution is -0.152. The second-order valence-corrected chi connectivity index (χ2v) is 6.62.